The van der Waals surface area contributed by atoms with Crippen molar-refractivity contribution >= 4 is 99.9 Å². The number of benzene rings is 6. The molecule has 0 saturated heterocycles. The lowest BCUT2D eigenvalue weighted by atomic mass is 9.99. The maximum absolute atomic E-state index is 14.2. The van der Waals surface area contributed by atoms with Crippen molar-refractivity contribution in [2.24, 2.45) is 21.1 Å². The maximum atomic E-state index is 14.2. The Balaban J connectivity index is 0.000000111. The highest BCUT2D eigenvalue weighted by Crippen LogP contribution is 2.36. The smallest absolute Gasteiger partial charge is 0.263 e. The van der Waals surface area contributed by atoms with Gasteiger partial charge in [-0.1, -0.05) is 115 Å². The molecule has 0 fully saturated rings. The zero-order valence-electron chi connectivity index (χ0n) is 69.9. The molecule has 4 atom stereocenters. The second-order valence-electron chi connectivity index (χ2n) is 30.6. The van der Waals surface area contributed by atoms with Gasteiger partial charge in [-0.3, -0.25) is 47.3 Å². The van der Waals surface area contributed by atoms with Gasteiger partial charge in [-0.15, -0.1) is 0 Å². The van der Waals surface area contributed by atoms with Gasteiger partial charge in [0.1, 0.15) is 41.9 Å². The molecule has 8 N–H and O–H groups in total. The van der Waals surface area contributed by atoms with Gasteiger partial charge in [-0.2, -0.15) is 25.5 Å². The fourth-order valence-corrected chi connectivity index (χ4v) is 16.1. The van der Waals surface area contributed by atoms with Gasteiger partial charge < -0.3 is 41.2 Å². The van der Waals surface area contributed by atoms with Crippen LogP contribution >= 0.6 is 0 Å². The molecule has 128 heavy (non-hydrogen) atoms. The maximum Gasteiger partial charge on any atom is 0.263 e. The van der Waals surface area contributed by atoms with Gasteiger partial charge in [0.2, 0.25) is 0 Å². The molecule has 22 rings (SSSR count). The van der Waals surface area contributed by atoms with E-state index in [0.29, 0.717) is 61.8 Å². The highest BCUT2D eigenvalue weighted by Gasteiger charge is 2.25. The number of hydrogen-bond acceptors (Lipinski definition) is 23. The van der Waals surface area contributed by atoms with Gasteiger partial charge in [0.15, 0.2) is 40.2 Å². The van der Waals surface area contributed by atoms with Crippen LogP contribution in [0.4, 0.5) is 23.3 Å². The van der Waals surface area contributed by atoms with Crippen molar-refractivity contribution in [2.75, 3.05) is 21.3 Å². The van der Waals surface area contributed by atoms with E-state index >= 15 is 0 Å². The lowest BCUT2D eigenvalue weighted by molar-refractivity contribution is 0.767. The summed E-state index contributed by atoms with van der Waals surface area (Å²) in [6.45, 7) is 7.97. The van der Waals surface area contributed by atoms with E-state index in [1.807, 2.05) is 243 Å². The second kappa shape index (κ2) is 34.4. The third-order valence-corrected chi connectivity index (χ3v) is 22.2. The lowest BCUT2D eigenvalue weighted by Crippen LogP contribution is -2.26. The van der Waals surface area contributed by atoms with Crippen LogP contribution in [-0.2, 0) is 21.1 Å². The van der Waals surface area contributed by atoms with Crippen molar-refractivity contribution in [1.82, 2.24) is 127 Å². The normalized spacial score (nSPS) is 12.3. The number of aromatic nitrogens is 26. The summed E-state index contributed by atoms with van der Waals surface area (Å²) >= 11 is 0. The number of H-pyrrole nitrogens is 4. The molecule has 0 spiro atoms. The Labute approximate surface area is 725 Å². The molecule has 0 saturated carbocycles. The van der Waals surface area contributed by atoms with Gasteiger partial charge >= 0.3 is 0 Å². The van der Waals surface area contributed by atoms with Gasteiger partial charge in [0.25, 0.3) is 22.2 Å². The van der Waals surface area contributed by atoms with Crippen molar-refractivity contribution < 1.29 is 0 Å². The van der Waals surface area contributed by atoms with Gasteiger partial charge in [0.05, 0.1) is 77.0 Å². The third kappa shape index (κ3) is 15.8. The van der Waals surface area contributed by atoms with E-state index in [9.17, 15) is 19.2 Å². The van der Waals surface area contributed by atoms with E-state index in [4.69, 9.17) is 0 Å². The number of aromatic amines is 4. The molecule has 34 nitrogen and oxygen atoms in total. The number of rotatable bonds is 18. The topological polar surface area (TPSA) is 406 Å². The molecule has 0 unspecified atom stereocenters. The molecule has 16 aromatic heterocycles. The Hall–Kier alpha value is -17.6. The highest BCUT2D eigenvalue weighted by atomic mass is 16.1. The summed E-state index contributed by atoms with van der Waals surface area (Å²) in [5.41, 5.74) is 15.5. The molecule has 0 aliphatic carbocycles. The Kier molecular flexibility index (Phi) is 21.5. The van der Waals surface area contributed by atoms with Gasteiger partial charge in [0, 0.05) is 127 Å². The average molecular weight is 1690 g/mol. The van der Waals surface area contributed by atoms with Crippen LogP contribution in [0.5, 0.6) is 0 Å². The Morgan fingerprint density at radius 3 is 1.26 bits per heavy atom. The Morgan fingerprint density at radius 2 is 0.789 bits per heavy atom. The van der Waals surface area contributed by atoms with E-state index in [1.165, 1.54) is 25.3 Å². The summed E-state index contributed by atoms with van der Waals surface area (Å²) in [5, 5.41) is 40.9. The van der Waals surface area contributed by atoms with Crippen molar-refractivity contribution in [1.29, 1.82) is 0 Å². The largest absolute Gasteiger partial charge is 0.360 e. The molecule has 34 heteroatoms. The third-order valence-electron chi connectivity index (χ3n) is 22.2. The number of aryl methyl sites for hydroxylation is 3. The molecular weight excluding hydrogens is 1610 g/mol. The van der Waals surface area contributed by atoms with Crippen LogP contribution in [0.1, 0.15) is 74.6 Å². The van der Waals surface area contributed by atoms with Gasteiger partial charge in [-0.25, -0.2) is 53.9 Å². The van der Waals surface area contributed by atoms with Crippen LogP contribution in [0.2, 0.25) is 0 Å². The van der Waals surface area contributed by atoms with E-state index in [0.717, 1.165) is 117 Å². The van der Waals surface area contributed by atoms with E-state index < -0.39 is 0 Å². The number of fused-ring (bicyclic) bond motifs is 8. The first-order valence-corrected chi connectivity index (χ1v) is 40.9. The van der Waals surface area contributed by atoms with Crippen LogP contribution in [0.25, 0.3) is 132 Å². The predicted octanol–water partition coefficient (Wildman–Crippen LogP) is 14.8. The van der Waals surface area contributed by atoms with Gasteiger partial charge in [-0.05, 0) is 138 Å². The number of imidazole rings is 3. The Bertz CT molecular complexity index is 7860. The van der Waals surface area contributed by atoms with Crippen molar-refractivity contribution in [3.8, 4) is 55.9 Å². The molecule has 0 amide bonds. The molecule has 16 heterocycles. The minimum atomic E-state index is -0.259. The zero-order chi connectivity index (χ0) is 87.6. The fraction of sp³-hybridized carbons (Fsp3) is 0.117. The number of nitrogens with zero attached hydrogens (tertiary/aromatic N) is 22. The number of nitrogens with one attached hydrogen (secondary N) is 8. The first kappa shape index (κ1) is 80.2. The summed E-state index contributed by atoms with van der Waals surface area (Å²) in [4.78, 5) is 109. The molecule has 0 radical (unpaired) electrons. The second-order valence-corrected chi connectivity index (χ2v) is 30.6. The monoisotopic (exact) mass is 1690 g/mol. The quantitative estimate of drug-likeness (QED) is 0.0395. The minimum Gasteiger partial charge on any atom is -0.360 e. The Morgan fingerprint density at radius 1 is 0.352 bits per heavy atom. The zero-order valence-corrected chi connectivity index (χ0v) is 69.9. The van der Waals surface area contributed by atoms with Crippen molar-refractivity contribution in [2.45, 2.75) is 51.9 Å². The minimum absolute atomic E-state index is 0.0766. The SMILES string of the molecule is C[C@H](Nc1ncnc2nc[nH]c12)c1cc2cccc(-c3cccnc3)c2c(=O)[nH]1.C[C@H](Nc1ncnc2nc[nH]c12)c1cc2cccc(-c3cnn(C)c3)c2c(=O)[nH]1.C[C@H](Nc1ncnn2cccc12)c1cc2cccc(-c3cnn(C)c3)c2c(=O)n1-c1ccccc1.C[C@H](Nc1ncnn2ccnc12)c1cc2cccc(-c3cnn(C)c3)c2c(=O)n1-c1ccccc1. The predicted molar refractivity (Wildman–Crippen MR) is 493 cm³/mol. The van der Waals surface area contributed by atoms with Crippen LogP contribution in [0, 0.1) is 0 Å². The molecule has 0 bridgehead atoms. The van der Waals surface area contributed by atoms with E-state index in [-0.39, 0.29) is 46.4 Å². The summed E-state index contributed by atoms with van der Waals surface area (Å²) in [6, 6.07) is 57.9. The molecule has 0 aliphatic heterocycles. The summed E-state index contributed by atoms with van der Waals surface area (Å²) in [5.74, 6) is 2.55. The van der Waals surface area contributed by atoms with Crippen LogP contribution in [-0.4, -0.2) is 127 Å². The fourth-order valence-electron chi connectivity index (χ4n) is 16.1. The number of hydrogen-bond donors (Lipinski definition) is 8. The number of pyridine rings is 5. The molecule has 0 aliphatic rings. The van der Waals surface area contributed by atoms with E-state index in [2.05, 4.69) is 129 Å². The summed E-state index contributed by atoms with van der Waals surface area (Å²) < 4.78 is 12.2. The summed E-state index contributed by atoms with van der Waals surface area (Å²) in [6.07, 6.45) is 29.0. The van der Waals surface area contributed by atoms with E-state index in [1.54, 1.807) is 88.2 Å². The molecule has 22 aromatic rings. The summed E-state index contributed by atoms with van der Waals surface area (Å²) in [7, 11) is 5.60. The molecule has 630 valence electrons. The van der Waals surface area contributed by atoms with Crippen LogP contribution in [0.15, 0.2) is 307 Å². The molecule has 6 aromatic carbocycles. The lowest BCUT2D eigenvalue weighted by Gasteiger charge is -2.22. The average Bonchev–Trinajstić information content (AvgIpc) is 1.02. The number of para-hydroxylation sites is 2. The first-order valence-electron chi connectivity index (χ1n) is 40.9. The van der Waals surface area contributed by atoms with Crippen molar-refractivity contribution in [3.63, 3.8) is 0 Å². The number of anilines is 4. The molecular formula is C94H80N30O4. The van der Waals surface area contributed by atoms with Crippen LogP contribution in [0.3, 0.4) is 0 Å². The highest BCUT2D eigenvalue weighted by molar-refractivity contribution is 6.00. The standard InChI is InChI=1S/C27H23N7O.C26H22N8O.C21H17N7O.C20H18N8O/c1-18(31-26-23-12-7-13-33(23)30-17-28-26)24-14-19-8-6-11-22(20-15-29-32(2)16-20)25(19)27(35)34(24)21-9-4-3-5-10-21;1-17(31-24-25-27-11-12-33(25)30-16-28-24)22-13-18-7-6-10-21(19-14-29-32(2)15-19)23(18)26(35)34(22)20-8-4-3-5-9-20;1-12(27-20-18-19(24-10-23-18)25-11-26-20)16-8-13-4-2-6-15(17(13)21(29)28-16)14-5-3-7-22-9-14;1-11(26-19-17-18(22-9-21-17)23-10-24-19)15-6-12-4-3-5-14(16(12)20(29)27-15)13-7-25-28(2)8-13/h3-18H,1-2H3,(H,28,30,31);3-17H,1-2H3,(H,28,30,31);2-12H,1H3,(H,28,29)(H2,23,24,25,26,27);3-11H,1-2H3,(H,27,29)(H2,21,22,23,24,26)/t18-;17-;12-;11-/m0000/s1. The van der Waals surface area contributed by atoms with Crippen molar-refractivity contribution in [3.05, 3.63) is 352 Å². The first-order chi connectivity index (χ1) is 62.5. The van der Waals surface area contributed by atoms with Crippen LogP contribution < -0.4 is 43.5 Å².